The third-order valence-corrected chi connectivity index (χ3v) is 3.85. The van der Waals surface area contributed by atoms with E-state index in [9.17, 15) is 9.59 Å². The predicted octanol–water partition coefficient (Wildman–Crippen LogP) is 1.84. The van der Waals surface area contributed by atoms with Gasteiger partial charge in [-0.25, -0.2) is 4.98 Å². The summed E-state index contributed by atoms with van der Waals surface area (Å²) in [6.45, 7) is 0.211. The van der Waals surface area contributed by atoms with Crippen molar-refractivity contribution in [2.24, 2.45) is 0 Å². The van der Waals surface area contributed by atoms with Crippen LogP contribution in [0.2, 0.25) is 0 Å². The molecule has 26 heavy (non-hydrogen) atoms. The van der Waals surface area contributed by atoms with Crippen LogP contribution >= 0.6 is 0 Å². The van der Waals surface area contributed by atoms with Gasteiger partial charge in [0.2, 0.25) is 5.91 Å². The van der Waals surface area contributed by atoms with Gasteiger partial charge >= 0.3 is 0 Å². The number of nitrogens with one attached hydrogen (secondary N) is 1. The fourth-order valence-electron chi connectivity index (χ4n) is 2.53. The van der Waals surface area contributed by atoms with E-state index in [0.29, 0.717) is 28.1 Å². The Morgan fingerprint density at radius 1 is 1.23 bits per heavy atom. The fraction of sp³-hybridized carbons (Fsp3) is 0.222. The number of benzene rings is 1. The molecule has 3 aromatic rings. The Morgan fingerprint density at radius 3 is 2.69 bits per heavy atom. The summed E-state index contributed by atoms with van der Waals surface area (Å²) < 4.78 is 11.9. The molecule has 134 valence electrons. The van der Waals surface area contributed by atoms with Crippen LogP contribution in [-0.4, -0.2) is 34.7 Å². The van der Waals surface area contributed by atoms with E-state index in [1.54, 1.807) is 36.7 Å². The maximum atomic E-state index is 12.7. The number of anilines is 1. The van der Waals surface area contributed by atoms with Crippen LogP contribution in [0, 0.1) is 0 Å². The van der Waals surface area contributed by atoms with Gasteiger partial charge in [0.05, 0.1) is 43.3 Å². The van der Waals surface area contributed by atoms with E-state index < -0.39 is 0 Å². The second-order valence-corrected chi connectivity index (χ2v) is 5.51. The quantitative estimate of drug-likeness (QED) is 0.726. The molecular weight excluding hydrogens is 336 g/mol. The summed E-state index contributed by atoms with van der Waals surface area (Å²) in [4.78, 5) is 32.9. The highest BCUT2D eigenvalue weighted by Gasteiger charge is 2.12. The Hall–Kier alpha value is -3.42. The summed E-state index contributed by atoms with van der Waals surface area (Å²) in [5.41, 5.74) is 0.868. The molecule has 0 aliphatic carbocycles. The van der Waals surface area contributed by atoms with Crippen molar-refractivity contribution in [1.82, 2.24) is 14.5 Å². The molecule has 1 N–H and O–H groups in total. The Labute approximate surface area is 149 Å². The van der Waals surface area contributed by atoms with Crippen molar-refractivity contribution in [2.75, 3.05) is 19.5 Å². The van der Waals surface area contributed by atoms with Gasteiger partial charge in [0, 0.05) is 25.2 Å². The highest BCUT2D eigenvalue weighted by molar-refractivity contribution is 5.90. The maximum Gasteiger partial charge on any atom is 0.261 e. The molecule has 0 spiro atoms. The van der Waals surface area contributed by atoms with E-state index in [4.69, 9.17) is 9.47 Å². The maximum absolute atomic E-state index is 12.7. The molecule has 1 aromatic carbocycles. The van der Waals surface area contributed by atoms with Crippen molar-refractivity contribution in [1.29, 1.82) is 0 Å². The van der Waals surface area contributed by atoms with Crippen molar-refractivity contribution in [3.05, 3.63) is 53.3 Å². The summed E-state index contributed by atoms with van der Waals surface area (Å²) in [6.07, 6.45) is 4.74. The lowest BCUT2D eigenvalue weighted by Crippen LogP contribution is -2.23. The van der Waals surface area contributed by atoms with Crippen LogP contribution in [-0.2, 0) is 11.3 Å². The van der Waals surface area contributed by atoms with Crippen molar-refractivity contribution >= 4 is 22.5 Å². The van der Waals surface area contributed by atoms with E-state index in [2.05, 4.69) is 15.3 Å². The Morgan fingerprint density at radius 2 is 2.00 bits per heavy atom. The third kappa shape index (κ3) is 3.64. The zero-order valence-electron chi connectivity index (χ0n) is 14.4. The van der Waals surface area contributed by atoms with Gasteiger partial charge in [0.1, 0.15) is 0 Å². The van der Waals surface area contributed by atoms with Gasteiger partial charge < -0.3 is 14.8 Å². The van der Waals surface area contributed by atoms with Crippen molar-refractivity contribution in [3.63, 3.8) is 0 Å². The molecule has 0 radical (unpaired) electrons. The highest BCUT2D eigenvalue weighted by Crippen LogP contribution is 2.29. The molecule has 0 fully saturated rings. The lowest BCUT2D eigenvalue weighted by molar-refractivity contribution is -0.116. The minimum absolute atomic E-state index is 0.134. The summed E-state index contributed by atoms with van der Waals surface area (Å²) in [5, 5.41) is 3.13. The van der Waals surface area contributed by atoms with Gasteiger partial charge in [-0.15, -0.1) is 0 Å². The molecule has 0 saturated heterocycles. The van der Waals surface area contributed by atoms with E-state index in [1.807, 2.05) is 0 Å². The molecule has 0 unspecified atom stereocenters. The Kier molecular flexibility index (Phi) is 5.12. The number of hydrogen-bond acceptors (Lipinski definition) is 6. The van der Waals surface area contributed by atoms with Crippen molar-refractivity contribution in [3.8, 4) is 11.5 Å². The van der Waals surface area contributed by atoms with Gasteiger partial charge in [0.15, 0.2) is 11.5 Å². The number of nitrogens with zero attached hydrogens (tertiary/aromatic N) is 3. The van der Waals surface area contributed by atoms with Gasteiger partial charge in [-0.2, -0.15) is 0 Å². The van der Waals surface area contributed by atoms with Gasteiger partial charge in [-0.1, -0.05) is 0 Å². The molecular formula is C18H18N4O4. The minimum Gasteiger partial charge on any atom is -0.493 e. The molecule has 3 rings (SSSR count). The van der Waals surface area contributed by atoms with Gasteiger partial charge in [-0.05, 0) is 18.2 Å². The number of hydrogen-bond donors (Lipinski definition) is 1. The number of aryl methyl sites for hydroxylation is 1. The largest absolute Gasteiger partial charge is 0.493 e. The fourth-order valence-corrected chi connectivity index (χ4v) is 2.53. The Balaban J connectivity index is 1.79. The van der Waals surface area contributed by atoms with Crippen LogP contribution in [0.5, 0.6) is 11.5 Å². The first kappa shape index (κ1) is 17.4. The second-order valence-electron chi connectivity index (χ2n) is 5.51. The van der Waals surface area contributed by atoms with E-state index in [1.165, 1.54) is 25.1 Å². The predicted molar refractivity (Wildman–Crippen MR) is 96.6 cm³/mol. The van der Waals surface area contributed by atoms with Crippen LogP contribution < -0.4 is 20.3 Å². The smallest absolute Gasteiger partial charge is 0.261 e. The molecule has 2 heterocycles. The van der Waals surface area contributed by atoms with Gasteiger partial charge in [0.25, 0.3) is 5.56 Å². The van der Waals surface area contributed by atoms with Crippen LogP contribution in [0.3, 0.4) is 0 Å². The Bertz CT molecular complexity index is 986. The number of ether oxygens (including phenoxy) is 2. The van der Waals surface area contributed by atoms with Crippen molar-refractivity contribution < 1.29 is 14.3 Å². The number of carbonyl (C=O) groups is 1. The number of carbonyl (C=O) groups excluding carboxylic acids is 1. The number of amides is 1. The number of pyridine rings is 1. The first-order chi connectivity index (χ1) is 12.6. The summed E-state index contributed by atoms with van der Waals surface area (Å²) in [6, 6.07) is 6.72. The number of methoxy groups -OCH3 is 2. The summed E-state index contributed by atoms with van der Waals surface area (Å²) >= 11 is 0. The molecule has 1 amide bonds. The molecule has 0 atom stereocenters. The number of rotatable bonds is 6. The van der Waals surface area contributed by atoms with Crippen molar-refractivity contribution in [2.45, 2.75) is 13.0 Å². The van der Waals surface area contributed by atoms with E-state index in [-0.39, 0.29) is 24.4 Å². The van der Waals surface area contributed by atoms with Crippen LogP contribution in [0.4, 0.5) is 5.69 Å². The zero-order chi connectivity index (χ0) is 18.5. The first-order valence-electron chi connectivity index (χ1n) is 7.93. The molecule has 8 nitrogen and oxygen atoms in total. The molecule has 0 saturated carbocycles. The lowest BCUT2D eigenvalue weighted by Gasteiger charge is -2.10. The van der Waals surface area contributed by atoms with E-state index >= 15 is 0 Å². The molecule has 8 heteroatoms. The molecule has 0 bridgehead atoms. The van der Waals surface area contributed by atoms with Crippen LogP contribution in [0.25, 0.3) is 10.9 Å². The summed E-state index contributed by atoms with van der Waals surface area (Å²) in [5.74, 6) is 0.740. The minimum atomic E-state index is -0.245. The third-order valence-electron chi connectivity index (χ3n) is 3.85. The molecule has 0 aliphatic rings. The average molecular weight is 354 g/mol. The summed E-state index contributed by atoms with van der Waals surface area (Å²) in [7, 11) is 3.02. The molecule has 0 aliphatic heterocycles. The van der Waals surface area contributed by atoms with Gasteiger partial charge in [-0.3, -0.25) is 19.1 Å². The van der Waals surface area contributed by atoms with E-state index in [0.717, 1.165) is 0 Å². The zero-order valence-corrected chi connectivity index (χ0v) is 14.4. The lowest BCUT2D eigenvalue weighted by atomic mass is 10.2. The number of fused-ring (bicyclic) bond motifs is 1. The topological polar surface area (TPSA) is 95.3 Å². The second kappa shape index (κ2) is 7.64. The van der Waals surface area contributed by atoms with Crippen LogP contribution in [0.15, 0.2) is 47.8 Å². The monoisotopic (exact) mass is 354 g/mol. The average Bonchev–Trinajstić information content (AvgIpc) is 2.67. The van der Waals surface area contributed by atoms with Crippen LogP contribution in [0.1, 0.15) is 6.42 Å². The SMILES string of the molecule is COc1cc2ncn(CCC(=O)Nc3cccnc3)c(=O)c2cc1OC. The molecule has 2 aromatic heterocycles. The normalized spacial score (nSPS) is 10.5. The highest BCUT2D eigenvalue weighted by atomic mass is 16.5. The number of aromatic nitrogens is 3. The first-order valence-corrected chi connectivity index (χ1v) is 7.93. The standard InChI is InChI=1S/C18H18N4O4/c1-25-15-8-13-14(9-16(15)26-2)20-11-22(18(13)24)7-5-17(23)21-12-4-3-6-19-10-12/h3-4,6,8-11H,5,7H2,1-2H3,(H,21,23).